The van der Waals surface area contributed by atoms with Crippen LogP contribution in [0.25, 0.3) is 0 Å². The van der Waals surface area contributed by atoms with E-state index in [0.717, 1.165) is 12.1 Å². The fraction of sp³-hybridized carbons (Fsp3) is 0.353. The first-order valence-electron chi connectivity index (χ1n) is 6.96. The highest BCUT2D eigenvalue weighted by Gasteiger charge is 2.28. The van der Waals surface area contributed by atoms with Gasteiger partial charge in [0.1, 0.15) is 0 Å². The SMILES string of the molecule is CNC(CC1Cc2ccccc21)c1cccnc1C. The molecule has 0 saturated heterocycles. The van der Waals surface area contributed by atoms with E-state index in [2.05, 4.69) is 47.6 Å². The number of hydrogen-bond acceptors (Lipinski definition) is 2. The molecule has 3 rings (SSSR count). The number of pyridine rings is 1. The molecular formula is C17H20N2. The Hall–Kier alpha value is -1.67. The van der Waals surface area contributed by atoms with Crippen LogP contribution in [0.2, 0.25) is 0 Å². The molecule has 2 nitrogen and oxygen atoms in total. The molecule has 0 bridgehead atoms. The standard InChI is InChI=1S/C17H20N2/c1-12-15(8-5-9-19-12)17(18-2)11-14-10-13-6-3-4-7-16(13)14/h3-9,14,17-18H,10-11H2,1-2H3. The van der Waals surface area contributed by atoms with Gasteiger partial charge < -0.3 is 5.32 Å². The number of aromatic nitrogens is 1. The van der Waals surface area contributed by atoms with Gasteiger partial charge in [-0.05, 0) is 55.5 Å². The Bertz CT molecular complexity index is 577. The second kappa shape index (κ2) is 5.14. The first-order valence-corrected chi connectivity index (χ1v) is 6.96. The van der Waals surface area contributed by atoms with E-state index in [0.29, 0.717) is 12.0 Å². The van der Waals surface area contributed by atoms with Gasteiger partial charge in [0.2, 0.25) is 0 Å². The minimum Gasteiger partial charge on any atom is -0.313 e. The average molecular weight is 252 g/mol. The van der Waals surface area contributed by atoms with Gasteiger partial charge in [0.25, 0.3) is 0 Å². The lowest BCUT2D eigenvalue weighted by atomic mass is 9.73. The van der Waals surface area contributed by atoms with Gasteiger partial charge in [-0.25, -0.2) is 0 Å². The third kappa shape index (κ3) is 2.28. The zero-order valence-corrected chi connectivity index (χ0v) is 11.6. The Kier molecular flexibility index (Phi) is 3.34. The topological polar surface area (TPSA) is 24.9 Å². The highest BCUT2D eigenvalue weighted by molar-refractivity contribution is 5.40. The largest absolute Gasteiger partial charge is 0.313 e. The van der Waals surface area contributed by atoms with E-state index in [9.17, 15) is 0 Å². The van der Waals surface area contributed by atoms with Crippen LogP contribution >= 0.6 is 0 Å². The quantitative estimate of drug-likeness (QED) is 0.902. The van der Waals surface area contributed by atoms with Gasteiger partial charge in [0, 0.05) is 17.9 Å². The summed E-state index contributed by atoms with van der Waals surface area (Å²) in [5.41, 5.74) is 5.51. The molecule has 0 aliphatic heterocycles. The van der Waals surface area contributed by atoms with Gasteiger partial charge in [-0.1, -0.05) is 30.3 Å². The van der Waals surface area contributed by atoms with Crippen molar-refractivity contribution >= 4 is 0 Å². The predicted molar refractivity (Wildman–Crippen MR) is 78.3 cm³/mol. The Morgan fingerprint density at radius 3 is 2.84 bits per heavy atom. The van der Waals surface area contributed by atoms with Crippen LogP contribution in [-0.4, -0.2) is 12.0 Å². The molecule has 0 saturated carbocycles. The molecule has 1 aliphatic rings. The number of nitrogens with one attached hydrogen (secondary N) is 1. The number of benzene rings is 1. The van der Waals surface area contributed by atoms with Crippen molar-refractivity contribution in [2.75, 3.05) is 7.05 Å². The van der Waals surface area contributed by atoms with Crippen molar-refractivity contribution < 1.29 is 0 Å². The second-order valence-electron chi connectivity index (χ2n) is 5.35. The number of fused-ring (bicyclic) bond motifs is 1. The van der Waals surface area contributed by atoms with E-state index in [1.165, 1.54) is 23.1 Å². The zero-order valence-electron chi connectivity index (χ0n) is 11.6. The van der Waals surface area contributed by atoms with E-state index >= 15 is 0 Å². The summed E-state index contributed by atoms with van der Waals surface area (Å²) in [5.74, 6) is 0.688. The van der Waals surface area contributed by atoms with Gasteiger partial charge in [-0.2, -0.15) is 0 Å². The van der Waals surface area contributed by atoms with Crippen LogP contribution < -0.4 is 5.32 Å². The normalized spacial score (nSPS) is 18.5. The predicted octanol–water partition coefficient (Wildman–Crippen LogP) is 3.38. The summed E-state index contributed by atoms with van der Waals surface area (Å²) >= 11 is 0. The summed E-state index contributed by atoms with van der Waals surface area (Å²) in [6, 6.07) is 13.4. The third-order valence-corrected chi connectivity index (χ3v) is 4.25. The van der Waals surface area contributed by atoms with Gasteiger partial charge in [0.05, 0.1) is 0 Å². The van der Waals surface area contributed by atoms with Gasteiger partial charge >= 0.3 is 0 Å². The zero-order chi connectivity index (χ0) is 13.2. The maximum atomic E-state index is 4.40. The Labute approximate surface area is 114 Å². The minimum absolute atomic E-state index is 0.395. The monoisotopic (exact) mass is 252 g/mol. The molecule has 2 aromatic rings. The fourth-order valence-corrected chi connectivity index (χ4v) is 3.12. The van der Waals surface area contributed by atoms with E-state index in [4.69, 9.17) is 0 Å². The van der Waals surface area contributed by atoms with Crippen LogP contribution in [0.15, 0.2) is 42.6 Å². The number of rotatable bonds is 4. The molecule has 19 heavy (non-hydrogen) atoms. The molecule has 0 spiro atoms. The molecule has 1 aliphatic carbocycles. The van der Waals surface area contributed by atoms with E-state index in [1.807, 2.05) is 19.3 Å². The molecule has 0 fully saturated rings. The first-order chi connectivity index (χ1) is 9.29. The van der Waals surface area contributed by atoms with Crippen LogP contribution in [0.5, 0.6) is 0 Å². The summed E-state index contributed by atoms with van der Waals surface area (Å²) in [5, 5.41) is 3.45. The second-order valence-corrected chi connectivity index (χ2v) is 5.35. The number of nitrogens with zero attached hydrogens (tertiary/aromatic N) is 1. The molecule has 1 heterocycles. The molecule has 2 unspecified atom stereocenters. The lowest BCUT2D eigenvalue weighted by Crippen LogP contribution is -2.25. The number of hydrogen-bond donors (Lipinski definition) is 1. The number of aryl methyl sites for hydroxylation is 1. The highest BCUT2D eigenvalue weighted by atomic mass is 14.9. The molecular weight excluding hydrogens is 232 g/mol. The maximum Gasteiger partial charge on any atom is 0.0420 e. The van der Waals surface area contributed by atoms with Crippen molar-refractivity contribution in [3.05, 3.63) is 65.0 Å². The van der Waals surface area contributed by atoms with Gasteiger partial charge in [0.15, 0.2) is 0 Å². The maximum absolute atomic E-state index is 4.40. The molecule has 2 heteroatoms. The van der Waals surface area contributed by atoms with Crippen LogP contribution in [0.1, 0.15) is 40.8 Å². The summed E-state index contributed by atoms with van der Waals surface area (Å²) in [7, 11) is 2.04. The fourth-order valence-electron chi connectivity index (χ4n) is 3.12. The molecule has 98 valence electrons. The van der Waals surface area contributed by atoms with E-state index < -0.39 is 0 Å². The molecule has 1 aromatic carbocycles. The molecule has 0 amide bonds. The smallest absolute Gasteiger partial charge is 0.0420 e. The van der Waals surface area contributed by atoms with Crippen molar-refractivity contribution in [3.8, 4) is 0 Å². The van der Waals surface area contributed by atoms with Crippen LogP contribution in [0.4, 0.5) is 0 Å². The summed E-state index contributed by atoms with van der Waals surface area (Å²) in [6.07, 6.45) is 4.23. The Morgan fingerprint density at radius 2 is 2.11 bits per heavy atom. The van der Waals surface area contributed by atoms with Crippen molar-refractivity contribution in [3.63, 3.8) is 0 Å². The van der Waals surface area contributed by atoms with Crippen molar-refractivity contribution in [1.82, 2.24) is 10.3 Å². The average Bonchev–Trinajstić information content (AvgIpc) is 2.42. The Morgan fingerprint density at radius 1 is 1.26 bits per heavy atom. The summed E-state index contributed by atoms with van der Waals surface area (Å²) in [6.45, 7) is 2.09. The summed E-state index contributed by atoms with van der Waals surface area (Å²) in [4.78, 5) is 4.40. The molecule has 2 atom stereocenters. The third-order valence-electron chi connectivity index (χ3n) is 4.25. The van der Waals surface area contributed by atoms with Gasteiger partial charge in [-0.3, -0.25) is 4.98 Å². The first kappa shape index (κ1) is 12.4. The highest BCUT2D eigenvalue weighted by Crippen LogP contribution is 2.40. The minimum atomic E-state index is 0.395. The van der Waals surface area contributed by atoms with Crippen LogP contribution in [0.3, 0.4) is 0 Å². The van der Waals surface area contributed by atoms with Crippen LogP contribution in [-0.2, 0) is 6.42 Å². The van der Waals surface area contributed by atoms with Crippen molar-refractivity contribution in [1.29, 1.82) is 0 Å². The van der Waals surface area contributed by atoms with Crippen LogP contribution in [0, 0.1) is 6.92 Å². The van der Waals surface area contributed by atoms with Crippen molar-refractivity contribution in [2.24, 2.45) is 0 Å². The lowest BCUT2D eigenvalue weighted by molar-refractivity contribution is 0.450. The van der Waals surface area contributed by atoms with Gasteiger partial charge in [-0.15, -0.1) is 0 Å². The van der Waals surface area contributed by atoms with E-state index in [1.54, 1.807) is 0 Å². The lowest BCUT2D eigenvalue weighted by Gasteiger charge is -2.33. The Balaban J connectivity index is 1.78. The molecule has 1 aromatic heterocycles. The summed E-state index contributed by atoms with van der Waals surface area (Å²) < 4.78 is 0. The van der Waals surface area contributed by atoms with E-state index in [-0.39, 0.29) is 0 Å². The van der Waals surface area contributed by atoms with Crippen molar-refractivity contribution in [2.45, 2.75) is 31.7 Å². The molecule has 1 N–H and O–H groups in total. The molecule has 0 radical (unpaired) electrons.